The second kappa shape index (κ2) is 5.76. The molecule has 1 aromatic rings. The minimum absolute atomic E-state index is 0.104. The first kappa shape index (κ1) is 13.9. The number of carbonyl (C=O) groups excluding carboxylic acids is 1. The number of fused-ring (bicyclic) bond motifs is 2. The van der Waals surface area contributed by atoms with E-state index in [0.29, 0.717) is 5.92 Å². The highest BCUT2D eigenvalue weighted by Gasteiger charge is 2.42. The van der Waals surface area contributed by atoms with Gasteiger partial charge in [0.1, 0.15) is 0 Å². The quantitative estimate of drug-likeness (QED) is 0.844. The lowest BCUT2D eigenvalue weighted by Crippen LogP contribution is -2.42. The summed E-state index contributed by atoms with van der Waals surface area (Å²) < 4.78 is 0.905. The molecule has 0 aromatic heterocycles. The van der Waals surface area contributed by atoms with Gasteiger partial charge in [0.15, 0.2) is 0 Å². The molecule has 20 heavy (non-hydrogen) atoms. The Morgan fingerprint density at radius 1 is 1.30 bits per heavy atom. The van der Waals surface area contributed by atoms with Crippen LogP contribution in [0.3, 0.4) is 0 Å². The van der Waals surface area contributed by atoms with Crippen LogP contribution in [0.5, 0.6) is 0 Å². The van der Waals surface area contributed by atoms with Crippen LogP contribution in [0.15, 0.2) is 28.7 Å². The average molecular weight is 337 g/mol. The molecule has 2 amide bonds. The van der Waals surface area contributed by atoms with Crippen molar-refractivity contribution in [1.29, 1.82) is 0 Å². The smallest absolute Gasteiger partial charge is 0.319 e. The number of carbonyl (C=O) groups is 1. The lowest BCUT2D eigenvalue weighted by atomic mass is 9.84. The molecule has 2 bridgehead atoms. The zero-order valence-electron chi connectivity index (χ0n) is 11.7. The summed E-state index contributed by atoms with van der Waals surface area (Å²) in [6, 6.07) is 7.82. The Kier molecular flexibility index (Phi) is 4.01. The van der Waals surface area contributed by atoms with Crippen molar-refractivity contribution >= 4 is 27.6 Å². The maximum absolute atomic E-state index is 12.1. The first-order valence-electron chi connectivity index (χ1n) is 7.45. The molecule has 0 aliphatic heterocycles. The molecule has 0 radical (unpaired) electrons. The van der Waals surface area contributed by atoms with E-state index in [4.69, 9.17) is 0 Å². The minimum Gasteiger partial charge on any atom is -0.335 e. The standard InChI is InChI=1S/C16H21BrN2O/c1-10(13-9-11-6-7-12(13)8-11)18-16(20)19-15-5-3-2-4-14(15)17/h2-5,10-13H,6-9H2,1H3,(H2,18,19,20)/t10-,11+,12+,13-/m0/s1. The van der Waals surface area contributed by atoms with E-state index in [0.717, 1.165) is 22.0 Å². The lowest BCUT2D eigenvalue weighted by Gasteiger charge is -2.28. The van der Waals surface area contributed by atoms with E-state index in [2.05, 4.69) is 33.5 Å². The molecule has 108 valence electrons. The second-order valence-corrected chi connectivity index (χ2v) is 7.06. The molecule has 2 saturated carbocycles. The van der Waals surface area contributed by atoms with Crippen LogP contribution < -0.4 is 10.6 Å². The third kappa shape index (κ3) is 2.85. The summed E-state index contributed by atoms with van der Waals surface area (Å²) in [5, 5.41) is 6.02. The van der Waals surface area contributed by atoms with E-state index >= 15 is 0 Å². The topological polar surface area (TPSA) is 41.1 Å². The van der Waals surface area contributed by atoms with Gasteiger partial charge >= 0.3 is 6.03 Å². The largest absolute Gasteiger partial charge is 0.335 e. The summed E-state index contributed by atoms with van der Waals surface area (Å²) in [6.45, 7) is 2.14. The van der Waals surface area contributed by atoms with Gasteiger partial charge in [-0.1, -0.05) is 18.6 Å². The van der Waals surface area contributed by atoms with Gasteiger partial charge in [0, 0.05) is 10.5 Å². The molecule has 3 rings (SSSR count). The van der Waals surface area contributed by atoms with Crippen LogP contribution in [0, 0.1) is 17.8 Å². The van der Waals surface area contributed by atoms with Crippen LogP contribution in [-0.4, -0.2) is 12.1 Å². The Labute approximate surface area is 128 Å². The zero-order valence-corrected chi connectivity index (χ0v) is 13.3. The molecular weight excluding hydrogens is 316 g/mol. The highest BCUT2D eigenvalue weighted by atomic mass is 79.9. The Hall–Kier alpha value is -1.03. The van der Waals surface area contributed by atoms with Crippen molar-refractivity contribution in [3.05, 3.63) is 28.7 Å². The summed E-state index contributed by atoms with van der Waals surface area (Å²) in [5.41, 5.74) is 0.810. The van der Waals surface area contributed by atoms with Crippen LogP contribution in [0.1, 0.15) is 32.6 Å². The molecule has 0 heterocycles. The third-order valence-electron chi connectivity index (χ3n) is 4.92. The van der Waals surface area contributed by atoms with Crippen molar-refractivity contribution in [3.8, 4) is 0 Å². The Bertz CT molecular complexity index is 505. The van der Waals surface area contributed by atoms with Crippen LogP contribution in [-0.2, 0) is 0 Å². The number of urea groups is 1. The number of hydrogen-bond acceptors (Lipinski definition) is 1. The van der Waals surface area contributed by atoms with Gasteiger partial charge in [-0.15, -0.1) is 0 Å². The number of rotatable bonds is 3. The van der Waals surface area contributed by atoms with Gasteiger partial charge in [0.05, 0.1) is 5.69 Å². The monoisotopic (exact) mass is 336 g/mol. The van der Waals surface area contributed by atoms with Crippen LogP contribution in [0.2, 0.25) is 0 Å². The van der Waals surface area contributed by atoms with Gasteiger partial charge in [-0.3, -0.25) is 0 Å². The molecule has 1 aromatic carbocycles. The normalized spacial score (nSPS) is 29.2. The van der Waals surface area contributed by atoms with Crippen molar-refractivity contribution in [1.82, 2.24) is 5.32 Å². The summed E-state index contributed by atoms with van der Waals surface area (Å²) in [7, 11) is 0. The molecule has 0 spiro atoms. The van der Waals surface area contributed by atoms with Crippen molar-refractivity contribution in [2.45, 2.75) is 38.6 Å². The molecule has 4 atom stereocenters. The maximum atomic E-state index is 12.1. The lowest BCUT2D eigenvalue weighted by molar-refractivity contribution is 0.230. The van der Waals surface area contributed by atoms with Gasteiger partial charge in [-0.2, -0.15) is 0 Å². The van der Waals surface area contributed by atoms with Gasteiger partial charge in [0.25, 0.3) is 0 Å². The van der Waals surface area contributed by atoms with Gasteiger partial charge < -0.3 is 10.6 Å². The number of halogens is 1. The average Bonchev–Trinajstić information content (AvgIpc) is 3.03. The number of anilines is 1. The Morgan fingerprint density at radius 3 is 2.75 bits per heavy atom. The number of para-hydroxylation sites is 1. The molecule has 2 aliphatic carbocycles. The van der Waals surface area contributed by atoms with Gasteiger partial charge in [0.2, 0.25) is 0 Å². The first-order chi connectivity index (χ1) is 9.63. The molecule has 4 heteroatoms. The predicted molar refractivity (Wildman–Crippen MR) is 84.7 cm³/mol. The number of benzene rings is 1. The van der Waals surface area contributed by atoms with E-state index in [9.17, 15) is 4.79 Å². The van der Waals surface area contributed by atoms with Crippen molar-refractivity contribution < 1.29 is 4.79 Å². The molecular formula is C16H21BrN2O. The molecule has 2 N–H and O–H groups in total. The molecule has 2 aliphatic rings. The van der Waals surface area contributed by atoms with Crippen LogP contribution >= 0.6 is 15.9 Å². The van der Waals surface area contributed by atoms with Crippen LogP contribution in [0.25, 0.3) is 0 Å². The van der Waals surface area contributed by atoms with E-state index in [1.54, 1.807) is 0 Å². The first-order valence-corrected chi connectivity index (χ1v) is 8.25. The van der Waals surface area contributed by atoms with Crippen LogP contribution in [0.4, 0.5) is 10.5 Å². The summed E-state index contributed by atoms with van der Waals surface area (Å²) in [4.78, 5) is 12.1. The van der Waals surface area contributed by atoms with Gasteiger partial charge in [-0.25, -0.2) is 4.79 Å². The molecule has 0 saturated heterocycles. The van der Waals surface area contributed by atoms with Gasteiger partial charge in [-0.05, 0) is 72.0 Å². The van der Waals surface area contributed by atoms with E-state index in [1.165, 1.54) is 25.7 Å². The predicted octanol–water partition coefficient (Wildman–Crippen LogP) is 4.40. The minimum atomic E-state index is -0.104. The van der Waals surface area contributed by atoms with E-state index in [-0.39, 0.29) is 12.1 Å². The van der Waals surface area contributed by atoms with Crippen molar-refractivity contribution in [3.63, 3.8) is 0 Å². The van der Waals surface area contributed by atoms with E-state index in [1.807, 2.05) is 24.3 Å². The summed E-state index contributed by atoms with van der Waals surface area (Å²) in [5.74, 6) is 2.41. The fourth-order valence-corrected chi connectivity index (χ4v) is 4.33. The third-order valence-corrected chi connectivity index (χ3v) is 5.61. The summed E-state index contributed by atoms with van der Waals surface area (Å²) >= 11 is 3.44. The zero-order chi connectivity index (χ0) is 14.1. The number of hydrogen-bond donors (Lipinski definition) is 2. The Balaban J connectivity index is 1.55. The number of amides is 2. The fraction of sp³-hybridized carbons (Fsp3) is 0.562. The molecule has 3 nitrogen and oxygen atoms in total. The molecule has 2 fully saturated rings. The summed E-state index contributed by atoms with van der Waals surface area (Å²) in [6.07, 6.45) is 5.42. The highest BCUT2D eigenvalue weighted by Crippen LogP contribution is 2.49. The fourth-order valence-electron chi connectivity index (χ4n) is 3.94. The Morgan fingerprint density at radius 2 is 2.10 bits per heavy atom. The van der Waals surface area contributed by atoms with E-state index < -0.39 is 0 Å². The van der Waals surface area contributed by atoms with Crippen molar-refractivity contribution in [2.24, 2.45) is 17.8 Å². The van der Waals surface area contributed by atoms with Crippen molar-refractivity contribution in [2.75, 3.05) is 5.32 Å². The molecule has 0 unspecified atom stereocenters. The highest BCUT2D eigenvalue weighted by molar-refractivity contribution is 9.10. The number of nitrogens with one attached hydrogen (secondary N) is 2. The maximum Gasteiger partial charge on any atom is 0.319 e. The SMILES string of the molecule is C[C@H](NC(=O)Nc1ccccc1Br)[C@@H]1C[C@@H]2CC[C@@H]1C2. The second-order valence-electron chi connectivity index (χ2n) is 6.21.